The molecule has 2 aromatic rings. The highest BCUT2D eigenvalue weighted by atomic mass is 35.5. The van der Waals surface area contributed by atoms with Gasteiger partial charge in [0, 0.05) is 17.6 Å². The average molecular weight is 419 g/mol. The summed E-state index contributed by atoms with van der Waals surface area (Å²) in [7, 11) is 0. The van der Waals surface area contributed by atoms with E-state index in [4.69, 9.17) is 11.6 Å². The first-order valence-electron chi connectivity index (χ1n) is 9.94. The van der Waals surface area contributed by atoms with E-state index in [0.717, 1.165) is 12.0 Å². The third kappa shape index (κ3) is 6.29. The highest BCUT2D eigenvalue weighted by Crippen LogP contribution is 2.21. The van der Waals surface area contributed by atoms with E-state index in [9.17, 15) is 14.0 Å². The van der Waals surface area contributed by atoms with Crippen molar-refractivity contribution in [3.63, 3.8) is 0 Å². The van der Waals surface area contributed by atoms with Crippen LogP contribution in [0.1, 0.15) is 44.7 Å². The van der Waals surface area contributed by atoms with Crippen LogP contribution in [0.5, 0.6) is 0 Å². The predicted octanol–water partition coefficient (Wildman–Crippen LogP) is 4.74. The maximum absolute atomic E-state index is 14.1. The highest BCUT2D eigenvalue weighted by molar-refractivity contribution is 6.31. The van der Waals surface area contributed by atoms with Crippen LogP contribution in [0.4, 0.5) is 4.39 Å². The number of benzene rings is 2. The fourth-order valence-electron chi connectivity index (χ4n) is 3.08. The summed E-state index contributed by atoms with van der Waals surface area (Å²) in [5, 5.41) is 3.47. The first-order valence-corrected chi connectivity index (χ1v) is 10.3. The van der Waals surface area contributed by atoms with Gasteiger partial charge in [-0.3, -0.25) is 9.59 Å². The van der Waals surface area contributed by atoms with Crippen molar-refractivity contribution in [2.45, 2.75) is 58.7 Å². The number of nitrogens with one attached hydrogen (secondary N) is 1. The van der Waals surface area contributed by atoms with Gasteiger partial charge in [-0.15, -0.1) is 0 Å². The first kappa shape index (κ1) is 22.9. The SMILES string of the molecule is CC[C@@H](C)NC(=O)[C@H](CC)N(Cc1ccccc1Cl)C(=O)Cc1ccccc1F. The second kappa shape index (κ2) is 11.0. The Hall–Kier alpha value is -2.40. The third-order valence-corrected chi connectivity index (χ3v) is 5.35. The van der Waals surface area contributed by atoms with Crippen molar-refractivity contribution in [3.05, 3.63) is 70.5 Å². The Morgan fingerprint density at radius 1 is 1.03 bits per heavy atom. The van der Waals surface area contributed by atoms with E-state index in [1.54, 1.807) is 24.3 Å². The minimum absolute atomic E-state index is 0.000355. The van der Waals surface area contributed by atoms with Gasteiger partial charge in [0.05, 0.1) is 6.42 Å². The van der Waals surface area contributed by atoms with Gasteiger partial charge in [-0.25, -0.2) is 4.39 Å². The van der Waals surface area contributed by atoms with Crippen LogP contribution in [0.3, 0.4) is 0 Å². The van der Waals surface area contributed by atoms with Gasteiger partial charge in [0.15, 0.2) is 0 Å². The number of rotatable bonds is 9. The van der Waals surface area contributed by atoms with Gasteiger partial charge in [-0.05, 0) is 43.0 Å². The second-order valence-corrected chi connectivity index (χ2v) is 7.53. The quantitative estimate of drug-likeness (QED) is 0.639. The fourth-order valence-corrected chi connectivity index (χ4v) is 3.27. The summed E-state index contributed by atoms with van der Waals surface area (Å²) in [5.74, 6) is -0.965. The lowest BCUT2D eigenvalue weighted by molar-refractivity contribution is -0.141. The Morgan fingerprint density at radius 2 is 1.66 bits per heavy atom. The molecule has 0 heterocycles. The summed E-state index contributed by atoms with van der Waals surface area (Å²) in [4.78, 5) is 27.6. The Labute approximate surface area is 177 Å². The molecule has 4 nitrogen and oxygen atoms in total. The maximum Gasteiger partial charge on any atom is 0.243 e. The molecule has 0 fully saturated rings. The minimum atomic E-state index is -0.667. The van der Waals surface area contributed by atoms with E-state index in [1.807, 2.05) is 39.0 Å². The molecule has 0 aliphatic rings. The van der Waals surface area contributed by atoms with Crippen LogP contribution >= 0.6 is 11.6 Å². The van der Waals surface area contributed by atoms with Gasteiger partial charge in [0.2, 0.25) is 11.8 Å². The van der Waals surface area contributed by atoms with Crippen molar-refractivity contribution in [1.29, 1.82) is 0 Å². The topological polar surface area (TPSA) is 49.4 Å². The van der Waals surface area contributed by atoms with Gasteiger partial charge in [-0.1, -0.05) is 61.8 Å². The Kier molecular flexibility index (Phi) is 8.65. The molecule has 156 valence electrons. The molecule has 2 aromatic carbocycles. The second-order valence-electron chi connectivity index (χ2n) is 7.12. The van der Waals surface area contributed by atoms with Gasteiger partial charge < -0.3 is 10.2 Å². The lowest BCUT2D eigenvalue weighted by atomic mass is 10.1. The number of amides is 2. The Morgan fingerprint density at radius 3 is 2.24 bits per heavy atom. The van der Waals surface area contributed by atoms with Gasteiger partial charge in [0.25, 0.3) is 0 Å². The van der Waals surface area contributed by atoms with E-state index in [1.165, 1.54) is 11.0 Å². The van der Waals surface area contributed by atoms with Gasteiger partial charge in [-0.2, -0.15) is 0 Å². The molecule has 0 aromatic heterocycles. The molecule has 1 N–H and O–H groups in total. The van der Waals surface area contributed by atoms with Crippen molar-refractivity contribution in [2.75, 3.05) is 0 Å². The minimum Gasteiger partial charge on any atom is -0.352 e. The summed E-state index contributed by atoms with van der Waals surface area (Å²) in [6.45, 7) is 5.94. The van der Waals surface area contributed by atoms with Crippen LogP contribution in [-0.4, -0.2) is 28.8 Å². The molecule has 0 saturated carbocycles. The van der Waals surface area contributed by atoms with E-state index in [-0.39, 0.29) is 30.8 Å². The molecule has 2 rings (SSSR count). The van der Waals surface area contributed by atoms with Crippen molar-refractivity contribution < 1.29 is 14.0 Å². The van der Waals surface area contributed by atoms with Gasteiger partial charge >= 0.3 is 0 Å². The van der Waals surface area contributed by atoms with Crippen molar-refractivity contribution in [3.8, 4) is 0 Å². The van der Waals surface area contributed by atoms with Crippen LogP contribution in [0.15, 0.2) is 48.5 Å². The molecule has 6 heteroatoms. The molecule has 2 amide bonds. The number of nitrogens with zero attached hydrogens (tertiary/aromatic N) is 1. The monoisotopic (exact) mass is 418 g/mol. The predicted molar refractivity (Wildman–Crippen MR) is 114 cm³/mol. The van der Waals surface area contributed by atoms with Crippen LogP contribution in [0, 0.1) is 5.82 Å². The zero-order valence-electron chi connectivity index (χ0n) is 17.1. The summed E-state index contributed by atoms with van der Waals surface area (Å²) in [6, 6.07) is 12.7. The Balaban J connectivity index is 2.33. The van der Waals surface area contributed by atoms with Crippen molar-refractivity contribution in [2.24, 2.45) is 0 Å². The molecule has 0 saturated heterocycles. The molecule has 0 unspecified atom stereocenters. The molecular weight excluding hydrogens is 391 g/mol. The number of halogens is 2. The van der Waals surface area contributed by atoms with Crippen LogP contribution in [-0.2, 0) is 22.6 Å². The molecular formula is C23H28ClFN2O2. The third-order valence-electron chi connectivity index (χ3n) is 4.98. The van der Waals surface area contributed by atoms with Crippen LogP contribution in [0.25, 0.3) is 0 Å². The molecule has 29 heavy (non-hydrogen) atoms. The fraction of sp³-hybridized carbons (Fsp3) is 0.391. The number of carbonyl (C=O) groups is 2. The summed E-state index contributed by atoms with van der Waals surface area (Å²) in [6.07, 6.45) is 1.11. The lowest BCUT2D eigenvalue weighted by Crippen LogP contribution is -2.51. The van der Waals surface area contributed by atoms with E-state index in [2.05, 4.69) is 5.32 Å². The first-order chi connectivity index (χ1) is 13.9. The molecule has 0 aliphatic heterocycles. The molecule has 2 atom stereocenters. The molecule has 0 bridgehead atoms. The summed E-state index contributed by atoms with van der Waals surface area (Å²) >= 11 is 6.29. The van der Waals surface area contributed by atoms with E-state index in [0.29, 0.717) is 17.0 Å². The molecule has 0 radical (unpaired) electrons. The number of hydrogen-bond donors (Lipinski definition) is 1. The zero-order valence-corrected chi connectivity index (χ0v) is 17.9. The van der Waals surface area contributed by atoms with Crippen molar-refractivity contribution >= 4 is 23.4 Å². The van der Waals surface area contributed by atoms with Gasteiger partial charge in [0.1, 0.15) is 11.9 Å². The largest absolute Gasteiger partial charge is 0.352 e. The highest BCUT2D eigenvalue weighted by Gasteiger charge is 2.30. The Bertz CT molecular complexity index is 843. The number of hydrogen-bond acceptors (Lipinski definition) is 2. The number of carbonyl (C=O) groups excluding carboxylic acids is 2. The van der Waals surface area contributed by atoms with Crippen LogP contribution < -0.4 is 5.32 Å². The van der Waals surface area contributed by atoms with Crippen molar-refractivity contribution in [1.82, 2.24) is 10.2 Å². The van der Waals surface area contributed by atoms with E-state index < -0.39 is 11.9 Å². The smallest absolute Gasteiger partial charge is 0.243 e. The standard InChI is InChI=1S/C23H28ClFN2O2/c1-4-16(3)26-23(29)21(5-2)27(15-18-11-6-8-12-19(18)24)22(28)14-17-10-7-9-13-20(17)25/h6-13,16,21H,4-5,14-15H2,1-3H3,(H,26,29)/t16-,21+/m1/s1. The van der Waals surface area contributed by atoms with E-state index >= 15 is 0 Å². The normalized spacial score (nSPS) is 12.9. The molecule has 0 aliphatic carbocycles. The van der Waals surface area contributed by atoms with Crippen LogP contribution in [0.2, 0.25) is 5.02 Å². The summed E-state index contributed by atoms with van der Waals surface area (Å²) in [5.41, 5.74) is 1.05. The zero-order chi connectivity index (χ0) is 21.4. The maximum atomic E-state index is 14.1. The average Bonchev–Trinajstić information content (AvgIpc) is 2.70. The lowest BCUT2D eigenvalue weighted by Gasteiger charge is -2.32. The summed E-state index contributed by atoms with van der Waals surface area (Å²) < 4.78 is 14.1. The molecule has 0 spiro atoms.